The van der Waals surface area contributed by atoms with E-state index >= 15 is 0 Å². The number of aromatic nitrogens is 3. The molecule has 7 nitrogen and oxygen atoms in total. The van der Waals surface area contributed by atoms with Gasteiger partial charge in [0.1, 0.15) is 18.7 Å². The second-order valence-electron chi connectivity index (χ2n) is 6.79. The Morgan fingerprint density at radius 1 is 1.19 bits per heavy atom. The number of hydrogen-bond acceptors (Lipinski definition) is 5. The molecule has 0 saturated heterocycles. The molecule has 0 radical (unpaired) electrons. The second-order valence-corrected chi connectivity index (χ2v) is 6.79. The van der Waals surface area contributed by atoms with Crippen LogP contribution >= 0.6 is 12.4 Å². The van der Waals surface area contributed by atoms with Crippen molar-refractivity contribution in [3.05, 3.63) is 76.7 Å². The van der Waals surface area contributed by atoms with Gasteiger partial charge in [-0.1, -0.05) is 25.6 Å². The first kappa shape index (κ1) is 24.0. The Kier molecular flexibility index (Phi) is 7.90. The molecule has 0 atom stereocenters. The minimum absolute atomic E-state index is 0. The SMILES string of the molecule is C.Cl.NC/C(=C\F)Cn1ncn(-c2cccc(-c3ccc4c(c3)CC(=O)CO4)c2)c1=O. The molecule has 0 bridgehead atoms. The Morgan fingerprint density at radius 3 is 2.71 bits per heavy atom. The van der Waals surface area contributed by atoms with Crippen LogP contribution in [0, 0.1) is 0 Å². The fourth-order valence-corrected chi connectivity index (χ4v) is 3.25. The number of rotatable bonds is 5. The van der Waals surface area contributed by atoms with E-state index in [-0.39, 0.29) is 56.6 Å². The monoisotopic (exact) mass is 446 g/mol. The van der Waals surface area contributed by atoms with E-state index < -0.39 is 0 Å². The zero-order chi connectivity index (χ0) is 20.4. The Morgan fingerprint density at radius 2 is 1.97 bits per heavy atom. The summed E-state index contributed by atoms with van der Waals surface area (Å²) in [4.78, 5) is 24.3. The summed E-state index contributed by atoms with van der Waals surface area (Å²) >= 11 is 0. The zero-order valence-electron chi connectivity index (χ0n) is 16.0. The van der Waals surface area contributed by atoms with E-state index in [9.17, 15) is 14.0 Å². The normalized spacial score (nSPS) is 13.0. The molecular weight excluding hydrogens is 423 g/mol. The summed E-state index contributed by atoms with van der Waals surface area (Å²) in [6.07, 6.45) is 2.14. The maximum Gasteiger partial charge on any atom is 0.350 e. The van der Waals surface area contributed by atoms with Gasteiger partial charge in [0.05, 0.1) is 18.6 Å². The molecular formula is C22H24ClFN4O3. The molecule has 0 saturated carbocycles. The van der Waals surface area contributed by atoms with Gasteiger partial charge in [0.25, 0.3) is 0 Å². The molecule has 0 fully saturated rings. The summed E-state index contributed by atoms with van der Waals surface area (Å²) < 4.78 is 20.8. The van der Waals surface area contributed by atoms with Crippen molar-refractivity contribution >= 4 is 18.2 Å². The highest BCUT2D eigenvalue weighted by Crippen LogP contribution is 2.30. The van der Waals surface area contributed by atoms with E-state index in [1.165, 1.54) is 10.9 Å². The summed E-state index contributed by atoms with van der Waals surface area (Å²) in [5, 5.41) is 4.05. The predicted octanol–water partition coefficient (Wildman–Crippen LogP) is 3.08. The standard InChI is InChI=1S/C21H19FN4O3.CH4.ClH/c22-9-14(10-23)11-26-21(28)25(13-24-26)18-3-1-2-15(7-18)16-4-5-20-17(6-16)8-19(27)12-29-20;;/h1-7,9,13H,8,10-12,23H2;1H4;1H/b14-9+;;. The van der Waals surface area contributed by atoms with Crippen molar-refractivity contribution in [2.45, 2.75) is 20.4 Å². The van der Waals surface area contributed by atoms with Crippen LogP contribution in [0.4, 0.5) is 4.39 Å². The number of benzene rings is 2. The van der Waals surface area contributed by atoms with Crippen LogP contribution in [0.15, 0.2) is 65.5 Å². The van der Waals surface area contributed by atoms with E-state index in [1.807, 2.05) is 36.4 Å². The quantitative estimate of drug-likeness (QED) is 0.650. The topological polar surface area (TPSA) is 92.1 Å². The Bertz CT molecular complexity index is 1170. The predicted molar refractivity (Wildman–Crippen MR) is 120 cm³/mol. The minimum atomic E-state index is -0.389. The van der Waals surface area contributed by atoms with Crippen molar-refractivity contribution in [3.8, 4) is 22.6 Å². The third kappa shape index (κ3) is 4.92. The molecule has 31 heavy (non-hydrogen) atoms. The number of fused-ring (bicyclic) bond motifs is 1. The van der Waals surface area contributed by atoms with Crippen molar-refractivity contribution in [1.29, 1.82) is 0 Å². The highest BCUT2D eigenvalue weighted by atomic mass is 35.5. The average molecular weight is 447 g/mol. The maximum absolute atomic E-state index is 12.8. The molecule has 2 aromatic carbocycles. The van der Waals surface area contributed by atoms with Gasteiger partial charge in [0.15, 0.2) is 5.78 Å². The van der Waals surface area contributed by atoms with E-state index in [1.54, 1.807) is 6.07 Å². The van der Waals surface area contributed by atoms with Gasteiger partial charge in [-0.25, -0.2) is 18.4 Å². The van der Waals surface area contributed by atoms with Crippen LogP contribution < -0.4 is 16.2 Å². The summed E-state index contributed by atoms with van der Waals surface area (Å²) in [6.45, 7) is 0.116. The molecule has 1 aliphatic heterocycles. The fraction of sp³-hybridized carbons (Fsp3) is 0.227. The number of carbonyl (C=O) groups excluding carboxylic acids is 1. The summed E-state index contributed by atoms with van der Waals surface area (Å²) in [5.74, 6) is 0.764. The van der Waals surface area contributed by atoms with Gasteiger partial charge in [-0.2, -0.15) is 5.10 Å². The van der Waals surface area contributed by atoms with Crippen LogP contribution in [0.5, 0.6) is 5.75 Å². The lowest BCUT2D eigenvalue weighted by molar-refractivity contribution is -0.121. The molecule has 0 amide bonds. The summed E-state index contributed by atoms with van der Waals surface area (Å²) in [6, 6.07) is 13.1. The zero-order valence-corrected chi connectivity index (χ0v) is 16.8. The van der Waals surface area contributed by atoms with E-state index in [4.69, 9.17) is 10.5 Å². The summed E-state index contributed by atoms with van der Waals surface area (Å²) in [7, 11) is 0. The molecule has 164 valence electrons. The first-order valence-corrected chi connectivity index (χ1v) is 9.10. The van der Waals surface area contributed by atoms with Gasteiger partial charge in [-0.15, -0.1) is 12.4 Å². The van der Waals surface area contributed by atoms with Crippen molar-refractivity contribution in [3.63, 3.8) is 0 Å². The highest BCUT2D eigenvalue weighted by Gasteiger charge is 2.17. The van der Waals surface area contributed by atoms with Crippen LogP contribution in [0.3, 0.4) is 0 Å². The molecule has 0 unspecified atom stereocenters. The maximum atomic E-state index is 12.8. The molecule has 0 spiro atoms. The Balaban J connectivity index is 0.00000171. The van der Waals surface area contributed by atoms with E-state index in [0.717, 1.165) is 27.1 Å². The highest BCUT2D eigenvalue weighted by molar-refractivity contribution is 5.85. The lowest BCUT2D eigenvalue weighted by Gasteiger charge is -2.17. The molecule has 3 aromatic rings. The minimum Gasteiger partial charge on any atom is -0.486 e. The largest absolute Gasteiger partial charge is 0.486 e. The lowest BCUT2D eigenvalue weighted by atomic mass is 9.98. The van der Waals surface area contributed by atoms with Gasteiger partial charge in [-0.3, -0.25) is 4.79 Å². The number of ether oxygens (including phenoxy) is 1. The lowest BCUT2D eigenvalue weighted by Crippen LogP contribution is -2.25. The third-order valence-corrected chi connectivity index (χ3v) is 4.80. The second kappa shape index (κ2) is 10.2. The molecule has 1 aliphatic rings. The van der Waals surface area contributed by atoms with Crippen molar-refractivity contribution in [2.75, 3.05) is 13.2 Å². The van der Waals surface area contributed by atoms with E-state index in [0.29, 0.717) is 18.4 Å². The molecule has 2 heterocycles. The molecule has 9 heteroatoms. The Hall–Kier alpha value is -3.23. The van der Waals surface area contributed by atoms with E-state index in [2.05, 4.69) is 5.10 Å². The number of carbonyl (C=O) groups is 1. The first-order chi connectivity index (χ1) is 14.1. The van der Waals surface area contributed by atoms with Gasteiger partial charge in [-0.05, 0) is 41.0 Å². The number of Topliss-reactive ketones (excluding diaryl/α,β-unsaturated/α-hetero) is 1. The molecule has 2 N–H and O–H groups in total. The van der Waals surface area contributed by atoms with Crippen LogP contribution in [-0.4, -0.2) is 33.3 Å². The molecule has 0 aliphatic carbocycles. The van der Waals surface area contributed by atoms with Crippen LogP contribution in [-0.2, 0) is 17.8 Å². The molecule has 1 aromatic heterocycles. The van der Waals surface area contributed by atoms with Gasteiger partial charge < -0.3 is 10.5 Å². The van der Waals surface area contributed by atoms with Crippen molar-refractivity contribution in [1.82, 2.24) is 14.3 Å². The number of nitrogens with two attached hydrogens (primary N) is 1. The van der Waals surface area contributed by atoms with Crippen LogP contribution in [0.2, 0.25) is 0 Å². The van der Waals surface area contributed by atoms with Gasteiger partial charge >= 0.3 is 5.69 Å². The van der Waals surface area contributed by atoms with Crippen molar-refractivity contribution < 1.29 is 13.9 Å². The van der Waals surface area contributed by atoms with Gasteiger partial charge in [0.2, 0.25) is 0 Å². The first-order valence-electron chi connectivity index (χ1n) is 9.10. The number of ketones is 1. The number of nitrogens with zero attached hydrogens (tertiary/aromatic N) is 3. The van der Waals surface area contributed by atoms with Crippen molar-refractivity contribution in [2.24, 2.45) is 5.73 Å². The summed E-state index contributed by atoms with van der Waals surface area (Å²) in [5.41, 5.74) is 8.61. The average Bonchev–Trinajstić information content (AvgIpc) is 3.11. The number of halogens is 2. The molecule has 4 rings (SSSR count). The smallest absolute Gasteiger partial charge is 0.350 e. The van der Waals surface area contributed by atoms with Crippen LogP contribution in [0.1, 0.15) is 13.0 Å². The van der Waals surface area contributed by atoms with Crippen LogP contribution in [0.25, 0.3) is 16.8 Å². The fourth-order valence-electron chi connectivity index (χ4n) is 3.25. The third-order valence-electron chi connectivity index (χ3n) is 4.80. The van der Waals surface area contributed by atoms with Gasteiger partial charge in [0, 0.05) is 18.5 Å². The number of hydrogen-bond donors (Lipinski definition) is 1. The Labute approximate surface area is 185 Å².